The SMILES string of the molecule is C=C(C)[C@@H]1CC[C@]2(C(=O)NCCCCCC(=O)Nc3ccc4c(C)cc(=O)oc4c3)CC[C@]3(C)[C@H](CC[C@@H]4[C@@]5(C)CC[C@H](O[C@@H]6OC[C@H](O)[C@H](O)[C@H]6O[C@@H]6O[C@@H](C)[C@H](O)[C@@H](O)[C@H]6O)[C@@](C)(CO)[C@@H]5CC[C@]43C)[C@@H]12. The monoisotopic (exact) mass is 1020 g/mol. The van der Waals surface area contributed by atoms with Crippen molar-refractivity contribution in [2.24, 2.45) is 56.7 Å². The summed E-state index contributed by atoms with van der Waals surface area (Å²) in [5.41, 5.74) is 1.18. The van der Waals surface area contributed by atoms with Crippen molar-refractivity contribution < 1.29 is 63.6 Å². The van der Waals surface area contributed by atoms with E-state index in [0.717, 1.165) is 87.2 Å². The molecule has 1 aromatic heterocycles. The fraction of sp³-hybridized carbons (Fsp3) is 0.772. The highest BCUT2D eigenvalue weighted by atomic mass is 16.8. The van der Waals surface area contributed by atoms with Crippen molar-refractivity contribution in [1.82, 2.24) is 5.32 Å². The largest absolute Gasteiger partial charge is 0.423 e. The van der Waals surface area contributed by atoms with E-state index in [2.05, 4.69) is 51.8 Å². The number of rotatable bonds is 14. The molecule has 2 saturated heterocycles. The number of aliphatic hydroxyl groups is 6. The quantitative estimate of drug-likeness (QED) is 0.0467. The minimum absolute atomic E-state index is 0.0345. The first kappa shape index (κ1) is 54.5. The van der Waals surface area contributed by atoms with Gasteiger partial charge in [-0.15, -0.1) is 0 Å². The van der Waals surface area contributed by atoms with E-state index in [4.69, 9.17) is 23.4 Å². The molecule has 2 aliphatic heterocycles. The first-order valence-corrected chi connectivity index (χ1v) is 27.4. The molecule has 20 atom stereocenters. The van der Waals surface area contributed by atoms with E-state index in [1.807, 2.05) is 19.1 Å². The van der Waals surface area contributed by atoms with Crippen molar-refractivity contribution in [3.63, 3.8) is 0 Å². The minimum atomic E-state index is -1.64. The Morgan fingerprint density at radius 1 is 0.822 bits per heavy atom. The van der Waals surface area contributed by atoms with Gasteiger partial charge < -0.3 is 64.6 Å². The van der Waals surface area contributed by atoms with Crippen LogP contribution in [0.4, 0.5) is 5.69 Å². The molecule has 9 rings (SSSR count). The molecule has 8 N–H and O–H groups in total. The standard InChI is InChI=1S/C57H84N2O14/c1-30(2)34-17-22-57(52(68)58-25-11-9-10-12-42(62)59-33-13-14-35-31(3)26-43(63)71-38(35)27-33)24-23-55(7)36(44(34)57)15-16-40-53(5)20-19-41(54(6,29-60)39(53)18-21-56(40,55)8)72-51-49(46(65)37(61)28-69-51)73-50-48(67)47(66)45(64)32(4)70-50/h13-14,26-27,32,34,36-37,39-41,44-51,60-61,64-67H,1,9-12,15-25,28-29H2,2-8H3,(H,58,68)(H,59,62)/t32-,34-,36+,37-,39+,40+,41-,44+,45-,46-,47+,48+,49+,50-,51-,53-,54-,55+,56+,57-/m0/s1. The number of anilines is 1. The number of amides is 2. The first-order chi connectivity index (χ1) is 34.5. The number of benzene rings is 1. The lowest BCUT2D eigenvalue weighted by atomic mass is 9.32. The molecule has 0 bridgehead atoms. The second-order valence-electron chi connectivity index (χ2n) is 24.8. The summed E-state index contributed by atoms with van der Waals surface area (Å²) in [6.07, 6.45) is -1.16. The third kappa shape index (κ3) is 9.26. The molecule has 73 heavy (non-hydrogen) atoms. The van der Waals surface area contributed by atoms with Crippen LogP contribution in [0.3, 0.4) is 0 Å². The molecule has 5 aliphatic carbocycles. The molecule has 0 spiro atoms. The van der Waals surface area contributed by atoms with Crippen LogP contribution >= 0.6 is 0 Å². The summed E-state index contributed by atoms with van der Waals surface area (Å²) in [6.45, 7) is 19.9. The molecular weight excluding hydrogens is 937 g/mol. The van der Waals surface area contributed by atoms with Gasteiger partial charge >= 0.3 is 5.63 Å². The van der Waals surface area contributed by atoms with Gasteiger partial charge in [0.15, 0.2) is 12.6 Å². The fourth-order valence-electron chi connectivity index (χ4n) is 16.8. The van der Waals surface area contributed by atoms with Crippen LogP contribution in [0.25, 0.3) is 11.0 Å². The molecule has 5 saturated carbocycles. The predicted molar refractivity (Wildman–Crippen MR) is 272 cm³/mol. The maximum absolute atomic E-state index is 14.8. The number of aliphatic hydroxyl groups excluding tert-OH is 6. The number of aryl methyl sites for hydroxylation is 1. The summed E-state index contributed by atoms with van der Waals surface area (Å²) in [7, 11) is 0. The molecular formula is C57H84N2O14. The van der Waals surface area contributed by atoms with Gasteiger partial charge in [-0.25, -0.2) is 4.79 Å². The molecule has 16 heteroatoms. The highest BCUT2D eigenvalue weighted by Crippen LogP contribution is 2.77. The minimum Gasteiger partial charge on any atom is -0.423 e. The molecule has 2 amide bonds. The van der Waals surface area contributed by atoms with Crippen molar-refractivity contribution in [1.29, 1.82) is 0 Å². The third-order valence-electron chi connectivity index (χ3n) is 21.0. The lowest BCUT2D eigenvalue weighted by Gasteiger charge is -2.73. The average Bonchev–Trinajstić information content (AvgIpc) is 3.75. The van der Waals surface area contributed by atoms with E-state index < -0.39 is 77.9 Å². The summed E-state index contributed by atoms with van der Waals surface area (Å²) >= 11 is 0. The van der Waals surface area contributed by atoms with E-state index in [0.29, 0.717) is 48.9 Å². The van der Waals surface area contributed by atoms with Crippen molar-refractivity contribution >= 4 is 28.5 Å². The van der Waals surface area contributed by atoms with Crippen LogP contribution in [0.2, 0.25) is 0 Å². The maximum atomic E-state index is 14.8. The Bertz CT molecular complexity index is 2430. The summed E-state index contributed by atoms with van der Waals surface area (Å²) < 4.78 is 29.9. The number of unbranched alkanes of at least 4 members (excludes halogenated alkanes) is 2. The Labute approximate surface area is 430 Å². The topological polar surface area (TPSA) is 247 Å². The Morgan fingerprint density at radius 2 is 1.59 bits per heavy atom. The molecule has 3 heterocycles. The summed E-state index contributed by atoms with van der Waals surface area (Å²) in [6, 6.07) is 6.79. The van der Waals surface area contributed by atoms with Crippen LogP contribution < -0.4 is 16.3 Å². The summed E-state index contributed by atoms with van der Waals surface area (Å²) in [5, 5.41) is 72.2. The lowest BCUT2D eigenvalue weighted by Crippen LogP contribution is -2.68. The zero-order valence-electron chi connectivity index (χ0n) is 44.1. The molecule has 0 radical (unpaired) electrons. The van der Waals surface area contributed by atoms with Gasteiger partial charge in [0.05, 0.1) is 30.8 Å². The van der Waals surface area contributed by atoms with Gasteiger partial charge in [-0.2, -0.15) is 0 Å². The number of hydrogen-bond donors (Lipinski definition) is 8. The number of fused-ring (bicyclic) bond motifs is 8. The molecule has 1 aromatic carbocycles. The van der Waals surface area contributed by atoms with Gasteiger partial charge in [-0.05, 0) is 161 Å². The lowest BCUT2D eigenvalue weighted by molar-refractivity contribution is -0.366. The van der Waals surface area contributed by atoms with Crippen LogP contribution in [0.1, 0.15) is 137 Å². The Kier molecular flexibility index (Phi) is 15.4. The molecule has 16 nitrogen and oxygen atoms in total. The van der Waals surface area contributed by atoms with Crippen molar-refractivity contribution in [3.8, 4) is 0 Å². The molecule has 2 aromatic rings. The van der Waals surface area contributed by atoms with E-state index >= 15 is 0 Å². The Hall–Kier alpha value is -3.29. The Morgan fingerprint density at radius 3 is 2.33 bits per heavy atom. The number of carbonyl (C=O) groups excluding carboxylic acids is 2. The Balaban J connectivity index is 0.846. The van der Waals surface area contributed by atoms with Crippen molar-refractivity contribution in [3.05, 3.63) is 52.4 Å². The van der Waals surface area contributed by atoms with Gasteiger partial charge in [-0.1, -0.05) is 46.3 Å². The molecule has 7 aliphatic rings. The predicted octanol–water partition coefficient (Wildman–Crippen LogP) is 6.02. The van der Waals surface area contributed by atoms with E-state index in [1.165, 1.54) is 13.0 Å². The number of carbonyl (C=O) groups is 2. The number of nitrogens with one attached hydrogen (secondary N) is 2. The summed E-state index contributed by atoms with van der Waals surface area (Å²) in [5.74, 6) is 1.28. The molecule has 0 unspecified atom stereocenters. The average molecular weight is 1020 g/mol. The van der Waals surface area contributed by atoms with E-state index in [1.54, 1.807) is 6.07 Å². The van der Waals surface area contributed by atoms with Gasteiger partial charge in [0.2, 0.25) is 11.8 Å². The second-order valence-corrected chi connectivity index (χ2v) is 24.8. The molecule has 7 fully saturated rings. The van der Waals surface area contributed by atoms with Crippen molar-refractivity contribution in [2.45, 2.75) is 200 Å². The van der Waals surface area contributed by atoms with Crippen LogP contribution in [0.5, 0.6) is 0 Å². The second kappa shape index (κ2) is 20.6. The van der Waals surface area contributed by atoms with Crippen LogP contribution in [0.15, 0.2) is 45.6 Å². The number of ether oxygens (including phenoxy) is 4. The summed E-state index contributed by atoms with van der Waals surface area (Å²) in [4.78, 5) is 39.5. The van der Waals surface area contributed by atoms with Crippen LogP contribution in [0, 0.1) is 63.6 Å². The maximum Gasteiger partial charge on any atom is 0.336 e. The van der Waals surface area contributed by atoms with Gasteiger partial charge in [-0.3, -0.25) is 9.59 Å². The van der Waals surface area contributed by atoms with Crippen LogP contribution in [-0.4, -0.2) is 124 Å². The van der Waals surface area contributed by atoms with Gasteiger partial charge in [0, 0.05) is 41.6 Å². The smallest absolute Gasteiger partial charge is 0.336 e. The normalized spacial score (nSPS) is 44.3. The third-order valence-corrected chi connectivity index (χ3v) is 21.0. The first-order valence-electron chi connectivity index (χ1n) is 27.4. The van der Waals surface area contributed by atoms with E-state index in [-0.39, 0.29) is 59.0 Å². The zero-order valence-corrected chi connectivity index (χ0v) is 44.1. The van der Waals surface area contributed by atoms with Crippen molar-refractivity contribution in [2.75, 3.05) is 25.1 Å². The highest BCUT2D eigenvalue weighted by Gasteiger charge is 2.72. The van der Waals surface area contributed by atoms with Gasteiger partial charge in [0.1, 0.15) is 42.2 Å². The number of allylic oxidation sites excluding steroid dienone is 1. The fourth-order valence-corrected chi connectivity index (χ4v) is 16.8. The zero-order chi connectivity index (χ0) is 52.6. The highest BCUT2D eigenvalue weighted by molar-refractivity contribution is 5.93. The van der Waals surface area contributed by atoms with Gasteiger partial charge in [0.25, 0.3) is 0 Å². The van der Waals surface area contributed by atoms with Crippen LogP contribution in [-0.2, 0) is 28.5 Å². The molecule has 406 valence electrons. The van der Waals surface area contributed by atoms with E-state index in [9.17, 15) is 45.0 Å². The number of hydrogen-bond acceptors (Lipinski definition) is 14.